The number of hydrogen-bond acceptors (Lipinski definition) is 7. The van der Waals surface area contributed by atoms with Crippen LogP contribution in [0.1, 0.15) is 13.8 Å². The largest absolute Gasteiger partial charge is 0.378 e. The van der Waals surface area contributed by atoms with Gasteiger partial charge in [0.15, 0.2) is 5.82 Å². The van der Waals surface area contributed by atoms with Crippen LogP contribution in [0, 0.1) is 0 Å². The molecule has 3 rings (SSSR count). The van der Waals surface area contributed by atoms with Crippen LogP contribution in [0.3, 0.4) is 0 Å². The van der Waals surface area contributed by atoms with Crippen molar-refractivity contribution in [1.82, 2.24) is 15.2 Å². The summed E-state index contributed by atoms with van der Waals surface area (Å²) in [6.07, 6.45) is 1.69. The van der Waals surface area contributed by atoms with Gasteiger partial charge in [-0.1, -0.05) is 0 Å². The average Bonchev–Trinajstić information content (AvgIpc) is 2.65. The molecule has 0 spiro atoms. The van der Waals surface area contributed by atoms with Crippen molar-refractivity contribution >= 4 is 23.1 Å². The van der Waals surface area contributed by atoms with Crippen molar-refractivity contribution in [2.45, 2.75) is 13.8 Å². The van der Waals surface area contributed by atoms with Crippen molar-refractivity contribution in [3.8, 4) is 0 Å². The summed E-state index contributed by atoms with van der Waals surface area (Å²) in [5.41, 5.74) is 2.17. The molecule has 7 heteroatoms. The highest BCUT2D eigenvalue weighted by atomic mass is 16.5. The molecule has 7 nitrogen and oxygen atoms in total. The molecular weight excluding hydrogens is 304 g/mol. The first-order chi connectivity index (χ1) is 11.8. The van der Waals surface area contributed by atoms with Crippen molar-refractivity contribution in [1.29, 1.82) is 0 Å². The summed E-state index contributed by atoms with van der Waals surface area (Å²) in [5.74, 6) is 1.34. The molecule has 1 aromatic heterocycles. The molecule has 1 aromatic carbocycles. The van der Waals surface area contributed by atoms with Crippen LogP contribution in [0.2, 0.25) is 0 Å². The summed E-state index contributed by atoms with van der Waals surface area (Å²) in [5, 5.41) is 11.4. The summed E-state index contributed by atoms with van der Waals surface area (Å²) in [7, 11) is 0. The summed E-state index contributed by atoms with van der Waals surface area (Å²) in [6.45, 7) is 9.42. The van der Waals surface area contributed by atoms with E-state index in [1.807, 2.05) is 12.1 Å². The van der Waals surface area contributed by atoms with Gasteiger partial charge in [0.25, 0.3) is 0 Å². The van der Waals surface area contributed by atoms with Gasteiger partial charge in [0.05, 0.1) is 19.4 Å². The van der Waals surface area contributed by atoms with Crippen molar-refractivity contribution < 1.29 is 4.74 Å². The second-order valence-corrected chi connectivity index (χ2v) is 5.58. The van der Waals surface area contributed by atoms with E-state index in [4.69, 9.17) is 4.74 Å². The molecule has 0 saturated carbocycles. The Bertz CT molecular complexity index is 638. The summed E-state index contributed by atoms with van der Waals surface area (Å²) >= 11 is 0. The lowest BCUT2D eigenvalue weighted by molar-refractivity contribution is 0.122. The van der Waals surface area contributed by atoms with Crippen LogP contribution in [-0.2, 0) is 4.74 Å². The molecule has 1 aliphatic heterocycles. The molecule has 0 unspecified atom stereocenters. The quantitative estimate of drug-likeness (QED) is 0.872. The molecule has 128 valence electrons. The number of aromatic nitrogens is 3. The van der Waals surface area contributed by atoms with Crippen molar-refractivity contribution in [3.63, 3.8) is 0 Å². The topological polar surface area (TPSA) is 66.4 Å². The molecule has 1 fully saturated rings. The maximum absolute atomic E-state index is 5.37. The number of anilines is 4. The zero-order chi connectivity index (χ0) is 16.8. The van der Waals surface area contributed by atoms with Crippen LogP contribution in [0.4, 0.5) is 23.1 Å². The highest BCUT2D eigenvalue weighted by Gasteiger charge is 2.13. The van der Waals surface area contributed by atoms with Crippen molar-refractivity contribution in [2.75, 3.05) is 54.5 Å². The normalized spacial score (nSPS) is 14.5. The van der Waals surface area contributed by atoms with Gasteiger partial charge in [0.1, 0.15) is 0 Å². The predicted molar refractivity (Wildman–Crippen MR) is 96.1 cm³/mol. The molecule has 2 aromatic rings. The Morgan fingerprint density at radius 2 is 1.83 bits per heavy atom. The first kappa shape index (κ1) is 16.4. The lowest BCUT2D eigenvalue weighted by Crippen LogP contribution is -2.36. The van der Waals surface area contributed by atoms with E-state index in [0.29, 0.717) is 5.95 Å². The zero-order valence-corrected chi connectivity index (χ0v) is 14.3. The number of nitrogens with zero attached hydrogens (tertiary/aromatic N) is 5. The third kappa shape index (κ3) is 3.91. The van der Waals surface area contributed by atoms with E-state index in [9.17, 15) is 0 Å². The standard InChI is InChI=1S/C17H24N6O/c1-3-22(4-2)15-7-5-14(6-8-15)19-17-20-16(13-18-21-17)23-9-11-24-12-10-23/h5-8,13H,3-4,9-12H2,1-2H3,(H,19,20,21). The minimum atomic E-state index is 0.509. The van der Waals surface area contributed by atoms with Crippen molar-refractivity contribution in [2.24, 2.45) is 0 Å². The number of ether oxygens (including phenoxy) is 1. The fraction of sp³-hybridized carbons (Fsp3) is 0.471. The van der Waals surface area contributed by atoms with Crippen LogP contribution in [0.15, 0.2) is 30.5 Å². The molecule has 24 heavy (non-hydrogen) atoms. The molecule has 1 saturated heterocycles. The van der Waals surface area contributed by atoms with E-state index in [-0.39, 0.29) is 0 Å². The number of benzene rings is 1. The molecule has 0 amide bonds. The fourth-order valence-electron chi connectivity index (χ4n) is 2.77. The molecule has 0 bridgehead atoms. The van der Waals surface area contributed by atoms with Gasteiger partial charge in [0.2, 0.25) is 5.95 Å². The SMILES string of the molecule is CCN(CC)c1ccc(Nc2nncc(N3CCOCC3)n2)cc1. The third-order valence-electron chi connectivity index (χ3n) is 4.13. The second-order valence-electron chi connectivity index (χ2n) is 5.58. The number of rotatable bonds is 6. The Morgan fingerprint density at radius 3 is 2.50 bits per heavy atom. The van der Waals surface area contributed by atoms with E-state index >= 15 is 0 Å². The van der Waals surface area contributed by atoms with Gasteiger partial charge in [-0.15, -0.1) is 5.10 Å². The number of hydrogen-bond donors (Lipinski definition) is 1. The molecular formula is C17H24N6O. The fourth-order valence-corrected chi connectivity index (χ4v) is 2.77. The molecule has 0 radical (unpaired) electrons. The van der Waals surface area contributed by atoms with Gasteiger partial charge in [0, 0.05) is 37.6 Å². The summed E-state index contributed by atoms with van der Waals surface area (Å²) < 4.78 is 5.37. The van der Waals surface area contributed by atoms with Crippen LogP contribution in [-0.4, -0.2) is 54.6 Å². The van der Waals surface area contributed by atoms with E-state index < -0.39 is 0 Å². The monoisotopic (exact) mass is 328 g/mol. The van der Waals surface area contributed by atoms with Crippen molar-refractivity contribution in [3.05, 3.63) is 30.5 Å². The maximum atomic E-state index is 5.37. The first-order valence-corrected chi connectivity index (χ1v) is 8.44. The number of morpholine rings is 1. The van der Waals surface area contributed by atoms with Gasteiger partial charge in [-0.25, -0.2) is 0 Å². The second kappa shape index (κ2) is 7.92. The van der Waals surface area contributed by atoms with Crippen LogP contribution >= 0.6 is 0 Å². The Morgan fingerprint density at radius 1 is 1.12 bits per heavy atom. The average molecular weight is 328 g/mol. The third-order valence-corrected chi connectivity index (χ3v) is 4.13. The summed E-state index contributed by atoms with van der Waals surface area (Å²) in [4.78, 5) is 9.02. The van der Waals surface area contributed by atoms with E-state index in [2.05, 4.69) is 56.3 Å². The Labute approximate surface area is 142 Å². The smallest absolute Gasteiger partial charge is 0.249 e. The lowest BCUT2D eigenvalue weighted by Gasteiger charge is -2.27. The molecule has 1 aliphatic rings. The van der Waals surface area contributed by atoms with E-state index in [0.717, 1.165) is 50.9 Å². The molecule has 2 heterocycles. The highest BCUT2D eigenvalue weighted by Crippen LogP contribution is 2.20. The van der Waals surface area contributed by atoms with Gasteiger partial charge in [-0.2, -0.15) is 10.1 Å². The maximum Gasteiger partial charge on any atom is 0.249 e. The predicted octanol–water partition coefficient (Wildman–Crippen LogP) is 2.30. The van der Waals surface area contributed by atoms with Crippen LogP contribution in [0.25, 0.3) is 0 Å². The molecule has 0 aliphatic carbocycles. The number of nitrogens with one attached hydrogen (secondary N) is 1. The molecule has 1 N–H and O–H groups in total. The van der Waals surface area contributed by atoms with Gasteiger partial charge in [-0.3, -0.25) is 0 Å². The van der Waals surface area contributed by atoms with Gasteiger partial charge >= 0.3 is 0 Å². The van der Waals surface area contributed by atoms with Crippen LogP contribution < -0.4 is 15.1 Å². The Hall–Kier alpha value is -2.41. The van der Waals surface area contributed by atoms with Gasteiger partial charge < -0.3 is 19.9 Å². The lowest BCUT2D eigenvalue weighted by atomic mass is 10.2. The van der Waals surface area contributed by atoms with Gasteiger partial charge in [-0.05, 0) is 38.1 Å². The summed E-state index contributed by atoms with van der Waals surface area (Å²) in [6, 6.07) is 8.29. The van der Waals surface area contributed by atoms with E-state index in [1.54, 1.807) is 6.20 Å². The molecule has 0 atom stereocenters. The minimum absolute atomic E-state index is 0.509. The Balaban J connectivity index is 1.69. The van der Waals surface area contributed by atoms with E-state index in [1.165, 1.54) is 5.69 Å². The minimum Gasteiger partial charge on any atom is -0.378 e. The zero-order valence-electron chi connectivity index (χ0n) is 14.3. The van der Waals surface area contributed by atoms with Crippen LogP contribution in [0.5, 0.6) is 0 Å². The Kier molecular flexibility index (Phi) is 5.43. The highest BCUT2D eigenvalue weighted by molar-refractivity contribution is 5.59. The first-order valence-electron chi connectivity index (χ1n) is 8.44.